The Labute approximate surface area is 330 Å². The summed E-state index contributed by atoms with van der Waals surface area (Å²) < 4.78 is 5.14. The molecule has 0 N–H and O–H groups in total. The third-order valence-electron chi connectivity index (χ3n) is 12.7. The van der Waals surface area contributed by atoms with Gasteiger partial charge in [-0.1, -0.05) is 128 Å². The number of aromatic nitrogens is 1. The van der Waals surface area contributed by atoms with E-state index >= 15 is 0 Å². The topological polar surface area (TPSA) is 8.17 Å². The first-order chi connectivity index (χ1) is 27.7. The molecule has 2 aliphatic rings. The van der Waals surface area contributed by atoms with E-state index < -0.39 is 0 Å². The molecule has 8 aromatic carbocycles. The van der Waals surface area contributed by atoms with E-state index in [0.29, 0.717) is 0 Å². The minimum absolute atomic E-state index is 0.129. The lowest BCUT2D eigenvalue weighted by molar-refractivity contribution is 0.550. The van der Waals surface area contributed by atoms with E-state index in [-0.39, 0.29) is 5.41 Å². The van der Waals surface area contributed by atoms with Crippen LogP contribution in [-0.2, 0) is 5.41 Å². The smallest absolute Gasteiger partial charge is 0.0555 e. The zero-order chi connectivity index (χ0) is 36.8. The van der Waals surface area contributed by atoms with Gasteiger partial charge in [-0.25, -0.2) is 0 Å². The van der Waals surface area contributed by atoms with Crippen LogP contribution in [0.2, 0.25) is 0 Å². The molecule has 0 atom stereocenters. The maximum atomic E-state index is 2.50. The number of hydrogen-bond donors (Lipinski definition) is 0. The van der Waals surface area contributed by atoms with Crippen LogP contribution in [0, 0.1) is 0 Å². The molecule has 2 aromatic heterocycles. The lowest BCUT2D eigenvalue weighted by atomic mass is 9.76. The minimum Gasteiger partial charge on any atom is -0.310 e. The summed E-state index contributed by atoms with van der Waals surface area (Å²) in [6.45, 7) is 0. The molecule has 56 heavy (non-hydrogen) atoms. The van der Waals surface area contributed by atoms with Crippen LogP contribution >= 0.6 is 11.3 Å². The number of fused-ring (bicyclic) bond motifs is 12. The second kappa shape index (κ2) is 12.3. The summed E-state index contributed by atoms with van der Waals surface area (Å²) in [5, 5.41) is 5.32. The largest absolute Gasteiger partial charge is 0.310 e. The SMILES string of the molecule is c1ccc(N(c2ccc(-c3ccc(-n4c5ccccc5c5c6sc7ccccc7c6ccc54)cc3)cc2)c2ccc3c(c2)C2(CCCC2)c2ccccc2-3)cc1. The van der Waals surface area contributed by atoms with Gasteiger partial charge in [0.15, 0.2) is 0 Å². The van der Waals surface area contributed by atoms with Crippen molar-refractivity contribution in [1.82, 2.24) is 4.57 Å². The number of para-hydroxylation sites is 2. The first-order valence-electron chi connectivity index (χ1n) is 19.9. The van der Waals surface area contributed by atoms with Gasteiger partial charge in [-0.3, -0.25) is 0 Å². The highest BCUT2D eigenvalue weighted by Crippen LogP contribution is 2.58. The van der Waals surface area contributed by atoms with E-state index in [1.807, 2.05) is 11.3 Å². The van der Waals surface area contributed by atoms with Gasteiger partial charge in [-0.15, -0.1) is 11.3 Å². The Morgan fingerprint density at radius 2 is 1.11 bits per heavy atom. The monoisotopic (exact) mass is 734 g/mol. The lowest BCUT2D eigenvalue weighted by Gasteiger charge is -2.30. The fraction of sp³-hybridized carbons (Fsp3) is 0.0943. The van der Waals surface area contributed by atoms with E-state index in [2.05, 4.69) is 191 Å². The average Bonchev–Trinajstić information content (AvgIpc) is 4.04. The Bertz CT molecular complexity index is 3130. The van der Waals surface area contributed by atoms with E-state index in [4.69, 9.17) is 0 Å². The number of hydrogen-bond acceptors (Lipinski definition) is 2. The second-order valence-electron chi connectivity index (χ2n) is 15.6. The highest BCUT2D eigenvalue weighted by Gasteiger charge is 2.45. The molecule has 0 unspecified atom stereocenters. The standard InChI is InChI=1S/C53H38N2S/c1-2-12-37(13-3-1)54(40-28-29-42-41-14-4-7-17-46(41)53(47(42)34-40)32-10-11-33-53)38-24-20-35(21-25-38)36-22-26-39(27-23-36)55-48-18-8-5-16-45(48)51-49(55)31-30-44-43-15-6-9-19-50(43)56-52(44)51/h1-9,12-31,34H,10-11,32-33H2. The molecule has 3 heteroatoms. The summed E-state index contributed by atoms with van der Waals surface area (Å²) in [7, 11) is 0. The zero-order valence-electron chi connectivity index (χ0n) is 31.0. The van der Waals surface area contributed by atoms with Gasteiger partial charge in [0.2, 0.25) is 0 Å². The molecule has 0 amide bonds. The Kier molecular flexibility index (Phi) is 7.00. The van der Waals surface area contributed by atoms with E-state index in [9.17, 15) is 0 Å². The zero-order valence-corrected chi connectivity index (χ0v) is 31.8. The third-order valence-corrected chi connectivity index (χ3v) is 13.9. The van der Waals surface area contributed by atoms with Crippen molar-refractivity contribution in [2.24, 2.45) is 0 Å². The molecule has 2 heterocycles. The number of nitrogens with zero attached hydrogens (tertiary/aromatic N) is 2. The molecular formula is C53H38N2S. The van der Waals surface area contributed by atoms with Crippen LogP contribution in [0.4, 0.5) is 17.1 Å². The van der Waals surface area contributed by atoms with Gasteiger partial charge >= 0.3 is 0 Å². The van der Waals surface area contributed by atoms with Gasteiger partial charge in [0.1, 0.15) is 0 Å². The number of thiophene rings is 1. The van der Waals surface area contributed by atoms with Gasteiger partial charge in [0.25, 0.3) is 0 Å². The summed E-state index contributed by atoms with van der Waals surface area (Å²) >= 11 is 1.90. The lowest BCUT2D eigenvalue weighted by Crippen LogP contribution is -2.21. The molecule has 0 aliphatic heterocycles. The van der Waals surface area contributed by atoms with E-state index in [1.54, 1.807) is 0 Å². The molecule has 2 aliphatic carbocycles. The molecule has 1 fully saturated rings. The summed E-state index contributed by atoms with van der Waals surface area (Å²) in [5.41, 5.74) is 15.6. The van der Waals surface area contributed by atoms with Crippen molar-refractivity contribution >= 4 is 70.4 Å². The van der Waals surface area contributed by atoms with Gasteiger partial charge in [-0.2, -0.15) is 0 Å². The molecule has 1 saturated carbocycles. The predicted molar refractivity (Wildman–Crippen MR) is 238 cm³/mol. The quantitative estimate of drug-likeness (QED) is 0.171. The predicted octanol–water partition coefficient (Wildman–Crippen LogP) is 15.1. The minimum atomic E-state index is 0.129. The fourth-order valence-electron chi connectivity index (χ4n) is 10.2. The van der Waals surface area contributed by atoms with Gasteiger partial charge in [0, 0.05) is 59.1 Å². The first kappa shape index (κ1) is 31.9. The number of anilines is 3. The van der Waals surface area contributed by atoms with Crippen LogP contribution < -0.4 is 4.90 Å². The van der Waals surface area contributed by atoms with Crippen LogP contribution in [0.1, 0.15) is 36.8 Å². The van der Waals surface area contributed by atoms with Gasteiger partial charge < -0.3 is 9.47 Å². The molecule has 12 rings (SSSR count). The molecule has 2 nitrogen and oxygen atoms in total. The van der Waals surface area contributed by atoms with Crippen LogP contribution in [0.3, 0.4) is 0 Å². The van der Waals surface area contributed by atoms with Crippen molar-refractivity contribution in [3.63, 3.8) is 0 Å². The van der Waals surface area contributed by atoms with Crippen molar-refractivity contribution < 1.29 is 0 Å². The van der Waals surface area contributed by atoms with E-state index in [1.165, 1.54) is 118 Å². The van der Waals surface area contributed by atoms with Crippen molar-refractivity contribution in [3.05, 3.63) is 193 Å². The van der Waals surface area contributed by atoms with Crippen molar-refractivity contribution in [2.45, 2.75) is 31.1 Å². The number of benzene rings is 8. The Morgan fingerprint density at radius 3 is 1.93 bits per heavy atom. The molecule has 0 bridgehead atoms. The van der Waals surface area contributed by atoms with Gasteiger partial charge in [0.05, 0.1) is 11.0 Å². The van der Waals surface area contributed by atoms with Crippen LogP contribution in [0.5, 0.6) is 0 Å². The summed E-state index contributed by atoms with van der Waals surface area (Å²) in [6.07, 6.45) is 5.03. The molecule has 0 radical (unpaired) electrons. The molecule has 10 aromatic rings. The maximum absolute atomic E-state index is 2.50. The normalized spacial score (nSPS) is 14.3. The summed E-state index contributed by atoms with van der Waals surface area (Å²) in [6, 6.07) is 67.7. The second-order valence-corrected chi connectivity index (χ2v) is 16.7. The molecule has 266 valence electrons. The van der Waals surface area contributed by atoms with Crippen molar-refractivity contribution in [1.29, 1.82) is 0 Å². The van der Waals surface area contributed by atoms with Crippen LogP contribution in [-0.4, -0.2) is 4.57 Å². The molecule has 1 spiro atoms. The summed E-state index contributed by atoms with van der Waals surface area (Å²) in [5.74, 6) is 0. The van der Waals surface area contributed by atoms with E-state index in [0.717, 1.165) is 5.69 Å². The third kappa shape index (κ3) is 4.61. The Balaban J connectivity index is 0.918. The average molecular weight is 735 g/mol. The molecule has 0 saturated heterocycles. The molecular weight excluding hydrogens is 697 g/mol. The summed E-state index contributed by atoms with van der Waals surface area (Å²) in [4.78, 5) is 2.43. The maximum Gasteiger partial charge on any atom is 0.0555 e. The Hall–Kier alpha value is -6.42. The number of rotatable bonds is 5. The van der Waals surface area contributed by atoms with Gasteiger partial charge in [-0.05, 0) is 113 Å². The first-order valence-corrected chi connectivity index (χ1v) is 20.7. The van der Waals surface area contributed by atoms with Crippen molar-refractivity contribution in [2.75, 3.05) is 4.90 Å². The van der Waals surface area contributed by atoms with Crippen LogP contribution in [0.25, 0.3) is 69.9 Å². The highest BCUT2D eigenvalue weighted by molar-refractivity contribution is 7.26. The Morgan fingerprint density at radius 1 is 0.464 bits per heavy atom. The fourth-order valence-corrected chi connectivity index (χ4v) is 11.5. The van der Waals surface area contributed by atoms with Crippen LogP contribution in [0.15, 0.2) is 182 Å². The highest BCUT2D eigenvalue weighted by atomic mass is 32.1. The van der Waals surface area contributed by atoms with Crippen molar-refractivity contribution in [3.8, 4) is 27.9 Å².